The Labute approximate surface area is 89.6 Å². The van der Waals surface area contributed by atoms with Gasteiger partial charge in [0, 0.05) is 6.04 Å². The first-order valence-corrected chi connectivity index (χ1v) is 4.98. The van der Waals surface area contributed by atoms with Crippen LogP contribution in [0.4, 0.5) is 4.39 Å². The fourth-order valence-corrected chi connectivity index (χ4v) is 1.24. The lowest BCUT2D eigenvalue weighted by molar-refractivity contribution is 0.372. The number of amidine groups is 1. The highest BCUT2D eigenvalue weighted by molar-refractivity contribution is 5.98. The second-order valence-electron chi connectivity index (χ2n) is 3.82. The van der Waals surface area contributed by atoms with Crippen molar-refractivity contribution >= 4 is 5.84 Å². The molecule has 0 radical (unpaired) electrons. The van der Waals surface area contributed by atoms with Crippen molar-refractivity contribution in [3.63, 3.8) is 0 Å². The lowest BCUT2D eigenvalue weighted by Crippen LogP contribution is -2.46. The van der Waals surface area contributed by atoms with Crippen molar-refractivity contribution in [2.45, 2.75) is 38.8 Å². The number of nitrogens with two attached hydrogens (primary N) is 1. The fourth-order valence-electron chi connectivity index (χ4n) is 1.24. The van der Waals surface area contributed by atoms with Gasteiger partial charge in [-0.3, -0.25) is 5.32 Å². The third kappa shape index (κ3) is 2.80. The summed E-state index contributed by atoms with van der Waals surface area (Å²) in [7, 11) is 0. The molecule has 0 amide bonds. The van der Waals surface area contributed by atoms with Crippen molar-refractivity contribution in [2.75, 3.05) is 0 Å². The number of halogens is 1. The van der Waals surface area contributed by atoms with Gasteiger partial charge in [-0.25, -0.2) is 9.38 Å². The van der Waals surface area contributed by atoms with E-state index in [9.17, 15) is 4.39 Å². The molecule has 0 aromatic carbocycles. The van der Waals surface area contributed by atoms with Gasteiger partial charge < -0.3 is 5.73 Å². The normalized spacial score (nSPS) is 26.9. The highest BCUT2D eigenvalue weighted by Gasteiger charge is 2.29. The molecule has 0 saturated heterocycles. The third-order valence-electron chi connectivity index (χ3n) is 2.38. The quantitative estimate of drug-likeness (QED) is 0.689. The summed E-state index contributed by atoms with van der Waals surface area (Å²) < 4.78 is 13.7. The monoisotopic (exact) mass is 209 g/mol. The molecule has 0 saturated carbocycles. The molecule has 0 fully saturated rings. The summed E-state index contributed by atoms with van der Waals surface area (Å²) in [5.41, 5.74) is 4.43. The maximum Gasteiger partial charge on any atom is 0.176 e. The number of nitrogens with zero attached hydrogens (tertiary/aromatic N) is 1. The first-order chi connectivity index (χ1) is 6.98. The van der Waals surface area contributed by atoms with Gasteiger partial charge >= 0.3 is 0 Å². The molecule has 3 nitrogen and oxygen atoms in total. The number of aliphatic imine (C=N–C) groups is 1. The SMILES string of the molecule is CC[C@H](C)NC1(C)C#CC(N)=NC=C1F. The molecule has 3 N–H and O–H groups in total. The van der Waals surface area contributed by atoms with Gasteiger partial charge in [0.15, 0.2) is 11.7 Å². The fraction of sp³-hybridized carbons (Fsp3) is 0.545. The first kappa shape index (κ1) is 11.7. The average molecular weight is 209 g/mol. The number of nitrogens with one attached hydrogen (secondary N) is 1. The summed E-state index contributed by atoms with van der Waals surface area (Å²) in [6.07, 6.45) is 2.01. The van der Waals surface area contributed by atoms with Crippen molar-refractivity contribution < 1.29 is 4.39 Å². The molecular formula is C11H16FN3. The Kier molecular flexibility index (Phi) is 3.48. The Morgan fingerprint density at radius 2 is 2.40 bits per heavy atom. The van der Waals surface area contributed by atoms with Crippen LogP contribution in [-0.4, -0.2) is 17.4 Å². The van der Waals surface area contributed by atoms with Crippen LogP contribution in [0.2, 0.25) is 0 Å². The van der Waals surface area contributed by atoms with Gasteiger partial charge in [-0.1, -0.05) is 12.8 Å². The predicted molar refractivity (Wildman–Crippen MR) is 59.9 cm³/mol. The molecule has 4 heteroatoms. The first-order valence-electron chi connectivity index (χ1n) is 4.98. The zero-order valence-electron chi connectivity index (χ0n) is 9.26. The molecule has 0 aromatic heterocycles. The maximum atomic E-state index is 13.7. The predicted octanol–water partition coefficient (Wildman–Crippen LogP) is 1.32. The molecule has 1 rings (SSSR count). The number of rotatable bonds is 3. The molecule has 82 valence electrons. The van der Waals surface area contributed by atoms with Gasteiger partial charge in [0.1, 0.15) is 5.54 Å². The van der Waals surface area contributed by atoms with Crippen LogP contribution in [0, 0.1) is 11.8 Å². The van der Waals surface area contributed by atoms with Crippen LogP contribution in [0.5, 0.6) is 0 Å². The minimum atomic E-state index is -0.986. The topological polar surface area (TPSA) is 50.4 Å². The molecular weight excluding hydrogens is 193 g/mol. The van der Waals surface area contributed by atoms with Crippen LogP contribution in [0.25, 0.3) is 0 Å². The van der Waals surface area contributed by atoms with Crippen LogP contribution in [0.15, 0.2) is 17.0 Å². The smallest absolute Gasteiger partial charge is 0.176 e. The third-order valence-corrected chi connectivity index (χ3v) is 2.38. The van der Waals surface area contributed by atoms with E-state index in [4.69, 9.17) is 5.73 Å². The molecule has 15 heavy (non-hydrogen) atoms. The highest BCUT2D eigenvalue weighted by Crippen LogP contribution is 2.19. The summed E-state index contributed by atoms with van der Waals surface area (Å²) in [5, 5.41) is 3.11. The zero-order chi connectivity index (χ0) is 11.5. The Balaban J connectivity index is 2.93. The van der Waals surface area contributed by atoms with E-state index in [1.807, 2.05) is 13.8 Å². The molecule has 1 unspecified atom stereocenters. The summed E-state index contributed by atoms with van der Waals surface area (Å²) in [6.45, 7) is 5.69. The second kappa shape index (κ2) is 4.45. The number of hydrogen-bond acceptors (Lipinski definition) is 3. The average Bonchev–Trinajstić information content (AvgIpc) is 2.32. The van der Waals surface area contributed by atoms with E-state index in [1.165, 1.54) is 0 Å². The lowest BCUT2D eigenvalue weighted by Gasteiger charge is -2.26. The van der Waals surface area contributed by atoms with Crippen molar-refractivity contribution in [1.82, 2.24) is 5.32 Å². The Bertz CT molecular complexity index is 362. The molecule has 2 atom stereocenters. The second-order valence-corrected chi connectivity index (χ2v) is 3.82. The van der Waals surface area contributed by atoms with E-state index in [0.717, 1.165) is 12.6 Å². The van der Waals surface area contributed by atoms with Crippen LogP contribution < -0.4 is 11.1 Å². The largest absolute Gasteiger partial charge is 0.377 e. The minimum Gasteiger partial charge on any atom is -0.377 e. The van der Waals surface area contributed by atoms with Crippen molar-refractivity contribution in [3.8, 4) is 11.8 Å². The Hall–Kier alpha value is -1.34. The van der Waals surface area contributed by atoms with Crippen molar-refractivity contribution in [2.24, 2.45) is 10.7 Å². The molecule has 1 aliphatic rings. The van der Waals surface area contributed by atoms with E-state index in [2.05, 4.69) is 22.2 Å². The summed E-state index contributed by atoms with van der Waals surface area (Å²) in [5.74, 6) is 5.11. The van der Waals surface area contributed by atoms with Gasteiger partial charge in [0.2, 0.25) is 0 Å². The summed E-state index contributed by atoms with van der Waals surface area (Å²) in [4.78, 5) is 3.68. The van der Waals surface area contributed by atoms with E-state index in [0.29, 0.717) is 0 Å². The molecule has 1 heterocycles. The molecule has 0 aliphatic carbocycles. The van der Waals surface area contributed by atoms with Gasteiger partial charge in [-0.2, -0.15) is 0 Å². The van der Waals surface area contributed by atoms with E-state index in [-0.39, 0.29) is 11.9 Å². The molecule has 0 aromatic rings. The van der Waals surface area contributed by atoms with Crippen molar-refractivity contribution in [1.29, 1.82) is 0 Å². The van der Waals surface area contributed by atoms with Crippen LogP contribution in [-0.2, 0) is 0 Å². The zero-order valence-corrected chi connectivity index (χ0v) is 9.26. The van der Waals surface area contributed by atoms with Crippen molar-refractivity contribution in [3.05, 3.63) is 12.0 Å². The highest BCUT2D eigenvalue weighted by atomic mass is 19.1. The standard InChI is InChI=1S/C11H16FN3/c1-4-8(2)15-11(3)6-5-10(13)14-7-9(11)12/h7-8,15H,4H2,1-3H3,(H2,13,14)/t8-,11?/m0/s1. The minimum absolute atomic E-state index is 0.139. The maximum absolute atomic E-state index is 13.7. The van der Waals surface area contributed by atoms with Gasteiger partial charge in [0.05, 0.1) is 6.20 Å². The number of hydrogen-bond donors (Lipinski definition) is 2. The summed E-state index contributed by atoms with van der Waals surface area (Å²) >= 11 is 0. The van der Waals surface area contributed by atoms with Gasteiger partial charge in [0.25, 0.3) is 0 Å². The van der Waals surface area contributed by atoms with Crippen LogP contribution >= 0.6 is 0 Å². The van der Waals surface area contributed by atoms with E-state index < -0.39 is 11.4 Å². The van der Waals surface area contributed by atoms with Gasteiger partial charge in [-0.05, 0) is 26.2 Å². The van der Waals surface area contributed by atoms with E-state index >= 15 is 0 Å². The lowest BCUT2D eigenvalue weighted by atomic mass is 10.00. The van der Waals surface area contributed by atoms with Crippen LogP contribution in [0.1, 0.15) is 27.2 Å². The van der Waals surface area contributed by atoms with E-state index in [1.54, 1.807) is 6.92 Å². The summed E-state index contributed by atoms with van der Waals surface area (Å²) in [6, 6.07) is 0.183. The van der Waals surface area contributed by atoms with Gasteiger partial charge in [-0.15, -0.1) is 0 Å². The molecule has 0 spiro atoms. The Morgan fingerprint density at radius 1 is 1.73 bits per heavy atom. The van der Waals surface area contributed by atoms with Crippen LogP contribution in [0.3, 0.4) is 0 Å². The molecule has 1 aliphatic heterocycles. The molecule has 0 bridgehead atoms. The Morgan fingerprint density at radius 3 is 3.00 bits per heavy atom.